The molecule has 1 amide bonds. The Bertz CT molecular complexity index is 680. The van der Waals surface area contributed by atoms with Crippen molar-refractivity contribution in [2.24, 2.45) is 0 Å². The highest BCUT2D eigenvalue weighted by Crippen LogP contribution is 2.31. The van der Waals surface area contributed by atoms with Crippen LogP contribution >= 0.6 is 0 Å². The van der Waals surface area contributed by atoms with Crippen LogP contribution in [0.5, 0.6) is 0 Å². The number of anilines is 1. The van der Waals surface area contributed by atoms with Gasteiger partial charge in [-0.3, -0.25) is 14.9 Å². The molecule has 27 heavy (non-hydrogen) atoms. The van der Waals surface area contributed by atoms with Crippen LogP contribution in [-0.4, -0.2) is 66.4 Å². The summed E-state index contributed by atoms with van der Waals surface area (Å²) in [4.78, 5) is 30.5. The second kappa shape index (κ2) is 8.69. The maximum absolute atomic E-state index is 13.1. The van der Waals surface area contributed by atoms with Crippen molar-refractivity contribution < 1.29 is 9.72 Å². The molecule has 0 unspecified atom stereocenters. The van der Waals surface area contributed by atoms with Gasteiger partial charge in [0.2, 0.25) is 0 Å². The molecule has 0 spiro atoms. The Labute approximate surface area is 161 Å². The number of likely N-dealkylation sites (N-methyl/N-ethyl adjacent to an activating group) is 1. The monoisotopic (exact) mass is 374 g/mol. The number of nitro groups is 1. The van der Waals surface area contributed by atoms with Crippen molar-refractivity contribution in [1.29, 1.82) is 0 Å². The minimum atomic E-state index is -0.360. The van der Waals surface area contributed by atoms with Gasteiger partial charge in [0.05, 0.1) is 4.92 Å². The summed E-state index contributed by atoms with van der Waals surface area (Å²) in [5, 5.41) is 11.7. The number of carbonyl (C=O) groups excluding carboxylic acids is 1. The van der Waals surface area contributed by atoms with Crippen LogP contribution in [-0.2, 0) is 0 Å². The van der Waals surface area contributed by atoms with E-state index in [9.17, 15) is 14.9 Å². The van der Waals surface area contributed by atoms with Crippen molar-refractivity contribution in [3.63, 3.8) is 0 Å². The third kappa shape index (κ3) is 4.40. The number of hydrogen-bond donors (Lipinski definition) is 0. The fourth-order valence-electron chi connectivity index (χ4n) is 4.24. The molecule has 1 aromatic rings. The number of hydrogen-bond acceptors (Lipinski definition) is 5. The smallest absolute Gasteiger partial charge is 0.293 e. The van der Waals surface area contributed by atoms with Crippen LogP contribution in [0.1, 0.15) is 49.4 Å². The van der Waals surface area contributed by atoms with Gasteiger partial charge >= 0.3 is 0 Å². The van der Waals surface area contributed by atoms with Gasteiger partial charge in [0.25, 0.3) is 11.6 Å². The first kappa shape index (κ1) is 19.6. The Morgan fingerprint density at radius 1 is 1.19 bits per heavy atom. The van der Waals surface area contributed by atoms with Crippen molar-refractivity contribution in [1.82, 2.24) is 9.80 Å². The second-order valence-electron chi connectivity index (χ2n) is 7.63. The topological polar surface area (TPSA) is 69.9 Å². The molecule has 0 aromatic heterocycles. The van der Waals surface area contributed by atoms with E-state index >= 15 is 0 Å². The number of rotatable bonds is 5. The summed E-state index contributed by atoms with van der Waals surface area (Å²) in [6, 6.07) is 5.24. The van der Waals surface area contributed by atoms with Crippen LogP contribution < -0.4 is 4.90 Å². The highest BCUT2D eigenvalue weighted by Gasteiger charge is 2.28. The summed E-state index contributed by atoms with van der Waals surface area (Å²) >= 11 is 0. The summed E-state index contributed by atoms with van der Waals surface area (Å²) < 4.78 is 0. The Morgan fingerprint density at radius 3 is 2.44 bits per heavy atom. The summed E-state index contributed by atoms with van der Waals surface area (Å²) in [5.74, 6) is -0.0857. The molecular formula is C20H30N4O3. The van der Waals surface area contributed by atoms with Crippen LogP contribution in [0.25, 0.3) is 0 Å². The first-order chi connectivity index (χ1) is 13.0. The van der Waals surface area contributed by atoms with Crippen LogP contribution in [0.3, 0.4) is 0 Å². The fraction of sp³-hybridized carbons (Fsp3) is 0.650. The van der Waals surface area contributed by atoms with Crippen molar-refractivity contribution in [3.8, 4) is 0 Å². The summed E-state index contributed by atoms with van der Waals surface area (Å²) in [6.07, 6.45) is 5.59. The van der Waals surface area contributed by atoms with Gasteiger partial charge < -0.3 is 14.7 Å². The number of nitrogens with zero attached hydrogens (tertiary/aromatic N) is 4. The van der Waals surface area contributed by atoms with E-state index in [1.165, 1.54) is 12.5 Å². The number of amides is 1. The third-order valence-electron chi connectivity index (χ3n) is 5.88. The van der Waals surface area contributed by atoms with Crippen LogP contribution in [0.2, 0.25) is 0 Å². The predicted molar refractivity (Wildman–Crippen MR) is 106 cm³/mol. The third-order valence-corrected chi connectivity index (χ3v) is 5.88. The number of nitro benzene ring substituents is 1. The molecule has 0 N–H and O–H groups in total. The van der Waals surface area contributed by atoms with Crippen LogP contribution in [0.15, 0.2) is 18.2 Å². The van der Waals surface area contributed by atoms with E-state index in [0.29, 0.717) is 17.8 Å². The minimum Gasteiger partial charge on any atom is -0.363 e. The molecular weight excluding hydrogens is 344 g/mol. The standard InChI is InChI=1S/C20H30N4O3/c1-3-23(17-7-5-4-6-8-17)20(25)16-9-10-18(19(15-16)24(26)27)22-13-11-21(2)12-14-22/h9-10,15,17H,3-8,11-14H2,1-2H3. The normalized spacial score (nSPS) is 19.1. The predicted octanol–water partition coefficient (Wildman–Crippen LogP) is 3.14. The molecule has 3 rings (SSSR count). The molecule has 1 heterocycles. The highest BCUT2D eigenvalue weighted by atomic mass is 16.6. The fourth-order valence-corrected chi connectivity index (χ4v) is 4.24. The first-order valence-corrected chi connectivity index (χ1v) is 10.0. The molecule has 1 saturated carbocycles. The van der Waals surface area contributed by atoms with Gasteiger partial charge in [0.15, 0.2) is 0 Å². The molecule has 2 aliphatic rings. The summed E-state index contributed by atoms with van der Waals surface area (Å²) in [5.41, 5.74) is 1.07. The SMILES string of the molecule is CCN(C(=O)c1ccc(N2CCN(C)CC2)c([N+](=O)[O-])c1)C1CCCCC1. The summed E-state index contributed by atoms with van der Waals surface area (Å²) in [7, 11) is 2.05. The van der Waals surface area contributed by atoms with E-state index in [-0.39, 0.29) is 22.6 Å². The Balaban J connectivity index is 1.84. The zero-order valence-corrected chi connectivity index (χ0v) is 16.4. The van der Waals surface area contributed by atoms with Gasteiger partial charge in [-0.05, 0) is 38.9 Å². The zero-order chi connectivity index (χ0) is 19.4. The maximum atomic E-state index is 13.1. The van der Waals surface area contributed by atoms with Crippen LogP contribution in [0.4, 0.5) is 11.4 Å². The number of carbonyl (C=O) groups is 1. The highest BCUT2D eigenvalue weighted by molar-refractivity contribution is 5.96. The molecule has 0 atom stereocenters. The average molecular weight is 374 g/mol. The van der Waals surface area contributed by atoms with E-state index in [1.807, 2.05) is 16.7 Å². The molecule has 148 valence electrons. The van der Waals surface area contributed by atoms with Gasteiger partial charge in [-0.25, -0.2) is 0 Å². The zero-order valence-electron chi connectivity index (χ0n) is 16.4. The molecule has 1 saturated heterocycles. The second-order valence-corrected chi connectivity index (χ2v) is 7.63. The van der Waals surface area contributed by atoms with Gasteiger partial charge in [-0.2, -0.15) is 0 Å². The van der Waals surface area contributed by atoms with E-state index in [0.717, 1.165) is 51.9 Å². The average Bonchev–Trinajstić information content (AvgIpc) is 2.69. The Morgan fingerprint density at radius 2 is 1.85 bits per heavy atom. The van der Waals surface area contributed by atoms with Gasteiger partial charge in [0.1, 0.15) is 5.69 Å². The van der Waals surface area contributed by atoms with Gasteiger partial charge in [0, 0.05) is 50.4 Å². The molecule has 1 aliphatic carbocycles. The Kier molecular flexibility index (Phi) is 6.31. The first-order valence-electron chi connectivity index (χ1n) is 10.0. The molecule has 0 radical (unpaired) electrons. The summed E-state index contributed by atoms with van der Waals surface area (Å²) in [6.45, 7) is 5.89. The lowest BCUT2D eigenvalue weighted by atomic mass is 9.93. The number of piperazine rings is 1. The van der Waals surface area contributed by atoms with Crippen molar-refractivity contribution in [2.45, 2.75) is 45.1 Å². The largest absolute Gasteiger partial charge is 0.363 e. The lowest BCUT2D eigenvalue weighted by molar-refractivity contribution is -0.384. The minimum absolute atomic E-state index is 0.0325. The molecule has 0 bridgehead atoms. The van der Waals surface area contributed by atoms with E-state index < -0.39 is 0 Å². The lowest BCUT2D eigenvalue weighted by Crippen LogP contribution is -2.44. The molecule has 1 aliphatic heterocycles. The lowest BCUT2D eigenvalue weighted by Gasteiger charge is -2.34. The van der Waals surface area contributed by atoms with Crippen molar-refractivity contribution >= 4 is 17.3 Å². The quantitative estimate of drug-likeness (QED) is 0.585. The van der Waals surface area contributed by atoms with Gasteiger partial charge in [-0.1, -0.05) is 19.3 Å². The maximum Gasteiger partial charge on any atom is 0.293 e. The molecule has 7 nitrogen and oxygen atoms in total. The van der Waals surface area contributed by atoms with Gasteiger partial charge in [-0.15, -0.1) is 0 Å². The molecule has 7 heteroatoms. The van der Waals surface area contributed by atoms with Crippen molar-refractivity contribution in [3.05, 3.63) is 33.9 Å². The van der Waals surface area contributed by atoms with E-state index in [4.69, 9.17) is 0 Å². The van der Waals surface area contributed by atoms with Crippen LogP contribution in [0, 0.1) is 10.1 Å². The number of benzene rings is 1. The van der Waals surface area contributed by atoms with Crippen molar-refractivity contribution in [2.75, 3.05) is 44.7 Å². The van der Waals surface area contributed by atoms with E-state index in [1.54, 1.807) is 12.1 Å². The molecule has 2 fully saturated rings. The Hall–Kier alpha value is -2.15. The van der Waals surface area contributed by atoms with E-state index in [2.05, 4.69) is 11.9 Å². The molecule has 1 aromatic carbocycles.